The van der Waals surface area contributed by atoms with E-state index in [1.54, 1.807) is 0 Å². The molecule has 4 aromatic carbocycles. The summed E-state index contributed by atoms with van der Waals surface area (Å²) in [6.07, 6.45) is 0. The zero-order chi connectivity index (χ0) is 16.4. The molecule has 118 valence electrons. The molecule has 2 heteroatoms. The highest BCUT2D eigenvalue weighted by molar-refractivity contribution is 6.07. The van der Waals surface area contributed by atoms with Crippen molar-refractivity contribution >= 4 is 21.5 Å². The summed E-state index contributed by atoms with van der Waals surface area (Å²) in [4.78, 5) is 0. The van der Waals surface area contributed by atoms with Gasteiger partial charge in [0.25, 0.3) is 0 Å². The molecule has 0 aromatic heterocycles. The third-order valence-electron chi connectivity index (χ3n) is 4.30. The van der Waals surface area contributed by atoms with Crippen molar-refractivity contribution in [3.63, 3.8) is 0 Å². The largest absolute Gasteiger partial charge is 0.491 e. The SMILES string of the molecule is OCCOc1ccc2ccccc2c1-c1cccc2ccccc12. The number of hydrogen-bond donors (Lipinski definition) is 1. The molecule has 0 bridgehead atoms. The lowest BCUT2D eigenvalue weighted by Gasteiger charge is -2.16. The molecular formula is C22H18O2. The first-order chi connectivity index (χ1) is 11.9. The van der Waals surface area contributed by atoms with Crippen LogP contribution in [0.5, 0.6) is 5.75 Å². The summed E-state index contributed by atoms with van der Waals surface area (Å²) in [6.45, 7) is 0.290. The van der Waals surface area contributed by atoms with Crippen LogP contribution in [0, 0.1) is 0 Å². The van der Waals surface area contributed by atoms with Gasteiger partial charge in [-0.25, -0.2) is 0 Å². The number of fused-ring (bicyclic) bond motifs is 2. The van der Waals surface area contributed by atoms with Gasteiger partial charge in [-0.2, -0.15) is 0 Å². The van der Waals surface area contributed by atoms with Crippen molar-refractivity contribution in [1.82, 2.24) is 0 Å². The summed E-state index contributed by atoms with van der Waals surface area (Å²) in [5.41, 5.74) is 2.23. The summed E-state index contributed by atoms with van der Waals surface area (Å²) < 4.78 is 5.85. The normalized spacial score (nSPS) is 11.0. The van der Waals surface area contributed by atoms with E-state index in [-0.39, 0.29) is 13.2 Å². The molecular weight excluding hydrogens is 296 g/mol. The molecule has 0 amide bonds. The minimum Gasteiger partial charge on any atom is -0.491 e. The minimum absolute atomic E-state index is 0.00179. The summed E-state index contributed by atoms with van der Waals surface area (Å²) in [6, 6.07) is 27.1. The Hall–Kier alpha value is -2.84. The first-order valence-corrected chi connectivity index (χ1v) is 8.12. The van der Waals surface area contributed by atoms with Gasteiger partial charge < -0.3 is 9.84 Å². The second kappa shape index (κ2) is 6.34. The molecule has 24 heavy (non-hydrogen) atoms. The molecule has 0 aliphatic carbocycles. The summed E-state index contributed by atoms with van der Waals surface area (Å²) in [5.74, 6) is 0.805. The van der Waals surface area contributed by atoms with Crippen molar-refractivity contribution in [3.8, 4) is 16.9 Å². The molecule has 0 aliphatic rings. The Morgan fingerprint density at radius 3 is 2.12 bits per heavy atom. The standard InChI is InChI=1S/C22H18O2/c23-14-15-24-21-13-12-17-7-2-4-10-19(17)22(21)20-11-5-8-16-6-1-3-9-18(16)20/h1-13,23H,14-15H2. The summed E-state index contributed by atoms with van der Waals surface area (Å²) in [5, 5.41) is 13.9. The van der Waals surface area contributed by atoms with Crippen LogP contribution in [0.3, 0.4) is 0 Å². The van der Waals surface area contributed by atoms with Crippen molar-refractivity contribution in [2.75, 3.05) is 13.2 Å². The fourth-order valence-electron chi connectivity index (χ4n) is 3.25. The predicted octanol–water partition coefficient (Wildman–Crippen LogP) is 5.03. The van der Waals surface area contributed by atoms with Crippen molar-refractivity contribution in [2.45, 2.75) is 0 Å². The van der Waals surface area contributed by atoms with Crippen molar-refractivity contribution in [3.05, 3.63) is 78.9 Å². The lowest BCUT2D eigenvalue weighted by molar-refractivity contribution is 0.202. The number of hydrogen-bond acceptors (Lipinski definition) is 2. The molecule has 0 heterocycles. The predicted molar refractivity (Wildman–Crippen MR) is 99.5 cm³/mol. The third-order valence-corrected chi connectivity index (χ3v) is 4.30. The number of aliphatic hydroxyl groups excluding tert-OH is 1. The molecule has 4 aromatic rings. The molecule has 0 atom stereocenters. The zero-order valence-electron chi connectivity index (χ0n) is 13.3. The van der Waals surface area contributed by atoms with E-state index in [2.05, 4.69) is 60.7 Å². The Kier molecular flexibility index (Phi) is 3.89. The van der Waals surface area contributed by atoms with E-state index in [1.807, 2.05) is 18.2 Å². The molecule has 0 saturated carbocycles. The van der Waals surface area contributed by atoms with Gasteiger partial charge in [-0.1, -0.05) is 72.8 Å². The van der Waals surface area contributed by atoms with E-state index in [4.69, 9.17) is 9.84 Å². The first kappa shape index (κ1) is 14.7. The van der Waals surface area contributed by atoms with Gasteiger partial charge in [0.1, 0.15) is 12.4 Å². The van der Waals surface area contributed by atoms with Gasteiger partial charge >= 0.3 is 0 Å². The maximum atomic E-state index is 9.15. The Bertz CT molecular complexity index is 1000. The monoisotopic (exact) mass is 314 g/mol. The second-order valence-electron chi connectivity index (χ2n) is 5.76. The quantitative estimate of drug-likeness (QED) is 0.572. The van der Waals surface area contributed by atoms with E-state index >= 15 is 0 Å². The van der Waals surface area contributed by atoms with Crippen molar-refractivity contribution in [1.29, 1.82) is 0 Å². The van der Waals surface area contributed by atoms with E-state index in [9.17, 15) is 0 Å². The van der Waals surface area contributed by atoms with Gasteiger partial charge in [0.05, 0.1) is 6.61 Å². The number of aliphatic hydroxyl groups is 1. The lowest BCUT2D eigenvalue weighted by atomic mass is 9.93. The molecule has 2 nitrogen and oxygen atoms in total. The number of rotatable bonds is 4. The summed E-state index contributed by atoms with van der Waals surface area (Å²) in [7, 11) is 0. The maximum Gasteiger partial charge on any atom is 0.127 e. The van der Waals surface area contributed by atoms with Gasteiger partial charge in [-0.05, 0) is 33.2 Å². The number of benzene rings is 4. The third kappa shape index (κ3) is 2.51. The van der Waals surface area contributed by atoms with Crippen molar-refractivity contribution in [2.24, 2.45) is 0 Å². The lowest BCUT2D eigenvalue weighted by Crippen LogP contribution is -2.03. The van der Waals surface area contributed by atoms with Crippen LogP contribution in [0.15, 0.2) is 78.9 Å². The maximum absolute atomic E-state index is 9.15. The molecule has 0 fully saturated rings. The van der Waals surface area contributed by atoms with E-state index in [0.717, 1.165) is 22.3 Å². The van der Waals surface area contributed by atoms with Crippen LogP contribution >= 0.6 is 0 Å². The molecule has 0 aliphatic heterocycles. The van der Waals surface area contributed by atoms with Crippen LogP contribution in [0.25, 0.3) is 32.7 Å². The molecule has 0 spiro atoms. The van der Waals surface area contributed by atoms with Crippen LogP contribution in [0.1, 0.15) is 0 Å². The fourth-order valence-corrected chi connectivity index (χ4v) is 3.25. The molecule has 1 N–H and O–H groups in total. The highest BCUT2D eigenvalue weighted by Gasteiger charge is 2.13. The van der Waals surface area contributed by atoms with Gasteiger partial charge in [-0.15, -0.1) is 0 Å². The Morgan fingerprint density at radius 1 is 0.667 bits per heavy atom. The van der Waals surface area contributed by atoms with Crippen LogP contribution in [-0.4, -0.2) is 18.3 Å². The van der Waals surface area contributed by atoms with Crippen molar-refractivity contribution < 1.29 is 9.84 Å². The van der Waals surface area contributed by atoms with Crippen LogP contribution < -0.4 is 4.74 Å². The van der Waals surface area contributed by atoms with Gasteiger partial charge in [0.15, 0.2) is 0 Å². The second-order valence-corrected chi connectivity index (χ2v) is 5.76. The highest BCUT2D eigenvalue weighted by atomic mass is 16.5. The number of ether oxygens (including phenoxy) is 1. The molecule has 0 saturated heterocycles. The Morgan fingerprint density at radius 2 is 1.33 bits per heavy atom. The van der Waals surface area contributed by atoms with Crippen LogP contribution in [0.2, 0.25) is 0 Å². The zero-order valence-corrected chi connectivity index (χ0v) is 13.3. The van der Waals surface area contributed by atoms with E-state index in [0.29, 0.717) is 0 Å². The Balaban J connectivity index is 2.06. The van der Waals surface area contributed by atoms with Crippen LogP contribution in [0.4, 0.5) is 0 Å². The highest BCUT2D eigenvalue weighted by Crippen LogP contribution is 2.40. The van der Waals surface area contributed by atoms with Crippen LogP contribution in [-0.2, 0) is 0 Å². The van der Waals surface area contributed by atoms with E-state index < -0.39 is 0 Å². The molecule has 4 rings (SSSR count). The average Bonchev–Trinajstić information content (AvgIpc) is 2.65. The first-order valence-electron chi connectivity index (χ1n) is 8.12. The smallest absolute Gasteiger partial charge is 0.127 e. The average molecular weight is 314 g/mol. The minimum atomic E-state index is 0.00179. The van der Waals surface area contributed by atoms with Gasteiger partial charge in [0.2, 0.25) is 0 Å². The topological polar surface area (TPSA) is 29.5 Å². The van der Waals surface area contributed by atoms with E-state index in [1.165, 1.54) is 16.2 Å². The molecule has 0 radical (unpaired) electrons. The van der Waals surface area contributed by atoms with Gasteiger partial charge in [0, 0.05) is 5.56 Å². The van der Waals surface area contributed by atoms with Gasteiger partial charge in [-0.3, -0.25) is 0 Å². The molecule has 0 unspecified atom stereocenters. The Labute approximate surface area is 140 Å². The fraction of sp³-hybridized carbons (Fsp3) is 0.0909. The summed E-state index contributed by atoms with van der Waals surface area (Å²) >= 11 is 0.